The fourth-order valence-electron chi connectivity index (χ4n) is 2.96. The molecule has 0 bridgehead atoms. The zero-order valence-electron chi connectivity index (χ0n) is 14.5. The maximum Gasteiger partial charge on any atom is 0.407 e. The molecule has 1 aliphatic heterocycles. The van der Waals surface area contributed by atoms with E-state index in [2.05, 4.69) is 10.2 Å². The van der Waals surface area contributed by atoms with Crippen molar-refractivity contribution in [3.63, 3.8) is 0 Å². The van der Waals surface area contributed by atoms with Crippen LogP contribution in [0.2, 0.25) is 0 Å². The molecule has 0 radical (unpaired) electrons. The van der Waals surface area contributed by atoms with Crippen molar-refractivity contribution in [1.82, 2.24) is 15.1 Å². The quantitative estimate of drug-likeness (QED) is 0.863. The lowest BCUT2D eigenvalue weighted by Gasteiger charge is -2.37. The van der Waals surface area contributed by atoms with Crippen LogP contribution in [0.15, 0.2) is 30.3 Å². The molecular weight excluding hydrogens is 306 g/mol. The SMILES string of the molecule is CN(C)CC1CCCCN1C(=O)CNC(=O)OCc1ccccc1. The van der Waals surface area contributed by atoms with Gasteiger partial charge in [0.1, 0.15) is 13.2 Å². The van der Waals surface area contributed by atoms with Crippen LogP contribution in [0.25, 0.3) is 0 Å². The average Bonchev–Trinajstić information content (AvgIpc) is 2.58. The van der Waals surface area contributed by atoms with E-state index in [1.807, 2.05) is 49.3 Å². The lowest BCUT2D eigenvalue weighted by Crippen LogP contribution is -2.51. The fraction of sp³-hybridized carbons (Fsp3) is 0.556. The number of likely N-dealkylation sites (N-methyl/N-ethyl adjacent to an activating group) is 1. The predicted octanol–water partition coefficient (Wildman–Crippen LogP) is 1.86. The van der Waals surface area contributed by atoms with Crippen LogP contribution in [0.1, 0.15) is 24.8 Å². The van der Waals surface area contributed by atoms with Crippen molar-refractivity contribution >= 4 is 12.0 Å². The van der Waals surface area contributed by atoms with Gasteiger partial charge in [0.25, 0.3) is 0 Å². The van der Waals surface area contributed by atoms with Crippen molar-refractivity contribution in [2.24, 2.45) is 0 Å². The molecule has 24 heavy (non-hydrogen) atoms. The van der Waals surface area contributed by atoms with Gasteiger partial charge in [-0.25, -0.2) is 4.79 Å². The third-order valence-electron chi connectivity index (χ3n) is 4.12. The summed E-state index contributed by atoms with van der Waals surface area (Å²) in [5, 5.41) is 2.56. The van der Waals surface area contributed by atoms with Crippen LogP contribution in [0.5, 0.6) is 0 Å². The van der Waals surface area contributed by atoms with Crippen LogP contribution in [0, 0.1) is 0 Å². The number of nitrogens with one attached hydrogen (secondary N) is 1. The van der Waals surface area contributed by atoms with E-state index in [1.54, 1.807) is 0 Å². The first-order valence-corrected chi connectivity index (χ1v) is 8.45. The van der Waals surface area contributed by atoms with E-state index in [9.17, 15) is 9.59 Å². The second kappa shape index (κ2) is 9.27. The van der Waals surface area contributed by atoms with E-state index in [1.165, 1.54) is 0 Å². The molecule has 0 aliphatic carbocycles. The highest BCUT2D eigenvalue weighted by Crippen LogP contribution is 2.17. The first-order valence-electron chi connectivity index (χ1n) is 8.45. The first kappa shape index (κ1) is 18.3. The Labute approximate surface area is 143 Å². The molecule has 1 aromatic rings. The Morgan fingerprint density at radius 2 is 2.00 bits per heavy atom. The highest BCUT2D eigenvalue weighted by Gasteiger charge is 2.27. The fourth-order valence-corrected chi connectivity index (χ4v) is 2.96. The number of amides is 2. The summed E-state index contributed by atoms with van der Waals surface area (Å²) in [5.74, 6) is -0.0433. The number of carbonyl (C=O) groups excluding carboxylic acids is 2. The summed E-state index contributed by atoms with van der Waals surface area (Å²) in [4.78, 5) is 28.1. The first-order chi connectivity index (χ1) is 11.6. The van der Waals surface area contributed by atoms with Crippen LogP contribution in [-0.4, -0.2) is 61.6 Å². The number of ether oxygens (including phenoxy) is 1. The van der Waals surface area contributed by atoms with Gasteiger partial charge in [0.15, 0.2) is 0 Å². The zero-order valence-corrected chi connectivity index (χ0v) is 14.5. The van der Waals surface area contributed by atoms with Gasteiger partial charge in [0.2, 0.25) is 5.91 Å². The average molecular weight is 333 g/mol. The second-order valence-electron chi connectivity index (χ2n) is 6.41. The molecule has 2 rings (SSSR count). The summed E-state index contributed by atoms with van der Waals surface area (Å²) in [6.45, 7) is 1.80. The molecule has 1 fully saturated rings. The number of benzene rings is 1. The molecule has 1 aliphatic rings. The molecule has 6 heteroatoms. The largest absolute Gasteiger partial charge is 0.445 e. The Hall–Kier alpha value is -2.08. The lowest BCUT2D eigenvalue weighted by atomic mass is 10.0. The monoisotopic (exact) mass is 333 g/mol. The van der Waals surface area contributed by atoms with Crippen molar-refractivity contribution in [3.05, 3.63) is 35.9 Å². The molecule has 1 atom stereocenters. The maximum atomic E-state index is 12.4. The van der Waals surface area contributed by atoms with Gasteiger partial charge >= 0.3 is 6.09 Å². The van der Waals surface area contributed by atoms with E-state index in [0.29, 0.717) is 0 Å². The number of alkyl carbamates (subject to hydrolysis) is 1. The van der Waals surface area contributed by atoms with Crippen molar-refractivity contribution in [1.29, 1.82) is 0 Å². The Morgan fingerprint density at radius 1 is 1.25 bits per heavy atom. The summed E-state index contributed by atoms with van der Waals surface area (Å²) in [7, 11) is 4.02. The van der Waals surface area contributed by atoms with E-state index < -0.39 is 6.09 Å². The minimum absolute atomic E-state index is 0.0163. The Balaban J connectivity index is 1.75. The van der Waals surface area contributed by atoms with Gasteiger partial charge < -0.3 is 19.9 Å². The summed E-state index contributed by atoms with van der Waals surface area (Å²) in [6.07, 6.45) is 2.62. The van der Waals surface area contributed by atoms with E-state index in [4.69, 9.17) is 4.74 Å². The van der Waals surface area contributed by atoms with Crippen LogP contribution < -0.4 is 5.32 Å². The Kier molecular flexibility index (Phi) is 7.06. The smallest absolute Gasteiger partial charge is 0.407 e. The Bertz CT molecular complexity index is 534. The van der Waals surface area contributed by atoms with Gasteiger partial charge in [-0.2, -0.15) is 0 Å². The van der Waals surface area contributed by atoms with Crippen molar-refractivity contribution in [2.45, 2.75) is 31.9 Å². The van der Waals surface area contributed by atoms with Crippen molar-refractivity contribution in [2.75, 3.05) is 33.7 Å². The van der Waals surface area contributed by atoms with Gasteiger partial charge in [-0.3, -0.25) is 4.79 Å². The summed E-state index contributed by atoms with van der Waals surface area (Å²) in [5.41, 5.74) is 0.918. The summed E-state index contributed by atoms with van der Waals surface area (Å²) >= 11 is 0. The number of hydrogen-bond acceptors (Lipinski definition) is 4. The minimum Gasteiger partial charge on any atom is -0.445 e. The standard InChI is InChI=1S/C18H27N3O3/c1-20(2)13-16-10-6-7-11-21(16)17(22)12-19-18(23)24-14-15-8-4-3-5-9-15/h3-5,8-9,16H,6-7,10-14H2,1-2H3,(H,19,23). The molecule has 0 aromatic heterocycles. The Morgan fingerprint density at radius 3 is 2.71 bits per heavy atom. The third-order valence-corrected chi connectivity index (χ3v) is 4.12. The van der Waals surface area contributed by atoms with Crippen LogP contribution in [0.3, 0.4) is 0 Å². The van der Waals surface area contributed by atoms with E-state index in [0.717, 1.165) is 37.9 Å². The molecule has 1 aromatic carbocycles. The molecule has 0 spiro atoms. The van der Waals surface area contributed by atoms with Gasteiger partial charge in [0, 0.05) is 19.1 Å². The lowest BCUT2D eigenvalue weighted by molar-refractivity contribution is -0.134. The highest BCUT2D eigenvalue weighted by atomic mass is 16.5. The number of piperidine rings is 1. The second-order valence-corrected chi connectivity index (χ2v) is 6.41. The summed E-state index contributed by atoms with van der Waals surface area (Å²) in [6, 6.07) is 9.69. The molecule has 2 amide bonds. The van der Waals surface area contributed by atoms with Crippen LogP contribution in [-0.2, 0) is 16.1 Å². The molecule has 1 unspecified atom stereocenters. The number of rotatable bonds is 6. The molecule has 132 valence electrons. The normalized spacial score (nSPS) is 17.6. The van der Waals surface area contributed by atoms with Crippen molar-refractivity contribution < 1.29 is 14.3 Å². The number of likely N-dealkylation sites (tertiary alicyclic amines) is 1. The minimum atomic E-state index is -0.562. The van der Waals surface area contributed by atoms with Crippen LogP contribution >= 0.6 is 0 Å². The molecule has 1 saturated heterocycles. The number of carbonyl (C=O) groups is 2. The van der Waals surface area contributed by atoms with Gasteiger partial charge in [-0.1, -0.05) is 30.3 Å². The van der Waals surface area contributed by atoms with Gasteiger partial charge in [0.05, 0.1) is 0 Å². The molecule has 1 N–H and O–H groups in total. The zero-order chi connectivity index (χ0) is 17.4. The van der Waals surface area contributed by atoms with Gasteiger partial charge in [-0.15, -0.1) is 0 Å². The van der Waals surface area contributed by atoms with E-state index >= 15 is 0 Å². The van der Waals surface area contributed by atoms with Crippen LogP contribution in [0.4, 0.5) is 4.79 Å². The topological polar surface area (TPSA) is 61.9 Å². The molecule has 6 nitrogen and oxygen atoms in total. The highest BCUT2D eigenvalue weighted by molar-refractivity contribution is 5.82. The van der Waals surface area contributed by atoms with Gasteiger partial charge in [-0.05, 0) is 38.9 Å². The number of hydrogen-bond donors (Lipinski definition) is 1. The third kappa shape index (κ3) is 5.85. The summed E-state index contributed by atoms with van der Waals surface area (Å²) < 4.78 is 5.13. The molecule has 1 heterocycles. The number of nitrogens with zero attached hydrogens (tertiary/aromatic N) is 2. The molecular formula is C18H27N3O3. The maximum absolute atomic E-state index is 12.4. The molecule has 0 saturated carbocycles. The predicted molar refractivity (Wildman–Crippen MR) is 92.5 cm³/mol. The van der Waals surface area contributed by atoms with E-state index in [-0.39, 0.29) is 25.1 Å². The van der Waals surface area contributed by atoms with Crippen molar-refractivity contribution in [3.8, 4) is 0 Å².